The van der Waals surface area contributed by atoms with Crippen LogP contribution in [-0.4, -0.2) is 16.2 Å². The van der Waals surface area contributed by atoms with Gasteiger partial charge in [-0.3, -0.25) is 0 Å². The van der Waals surface area contributed by atoms with Gasteiger partial charge in [0.1, 0.15) is 12.4 Å². The lowest BCUT2D eigenvalue weighted by molar-refractivity contribution is 0.306. The predicted molar refractivity (Wildman–Crippen MR) is 110 cm³/mol. The molecule has 5 nitrogen and oxygen atoms in total. The van der Waals surface area contributed by atoms with Crippen molar-refractivity contribution in [1.29, 1.82) is 0 Å². The molecule has 4 rings (SSSR count). The molecule has 0 bridgehead atoms. The molecule has 6 heteroatoms. The molecule has 0 spiro atoms. The van der Waals surface area contributed by atoms with Gasteiger partial charge >= 0.3 is 0 Å². The maximum absolute atomic E-state index is 5.90. The van der Waals surface area contributed by atoms with Crippen molar-refractivity contribution in [1.82, 2.24) is 9.97 Å². The molecule has 4 aromatic rings. The van der Waals surface area contributed by atoms with Gasteiger partial charge in [-0.2, -0.15) is 5.10 Å². The van der Waals surface area contributed by atoms with Crippen molar-refractivity contribution >= 4 is 34.8 Å². The van der Waals surface area contributed by atoms with Crippen molar-refractivity contribution < 1.29 is 4.74 Å². The number of halogens is 1. The molecule has 134 valence electrons. The van der Waals surface area contributed by atoms with Gasteiger partial charge in [-0.25, -0.2) is 10.4 Å². The number of imidazole rings is 1. The first kappa shape index (κ1) is 17.1. The quantitative estimate of drug-likeness (QED) is 0.357. The predicted octanol–water partition coefficient (Wildman–Crippen LogP) is 5.24. The van der Waals surface area contributed by atoms with E-state index in [-0.39, 0.29) is 0 Å². The van der Waals surface area contributed by atoms with Gasteiger partial charge < -0.3 is 9.72 Å². The first-order valence-corrected chi connectivity index (χ1v) is 8.85. The summed E-state index contributed by atoms with van der Waals surface area (Å²) in [6, 6.07) is 23.2. The van der Waals surface area contributed by atoms with E-state index in [9.17, 15) is 0 Å². The number of H-pyrrole nitrogens is 1. The van der Waals surface area contributed by atoms with Crippen LogP contribution < -0.4 is 10.2 Å². The van der Waals surface area contributed by atoms with Gasteiger partial charge in [0.15, 0.2) is 0 Å². The summed E-state index contributed by atoms with van der Waals surface area (Å²) in [6.07, 6.45) is 1.72. The summed E-state index contributed by atoms with van der Waals surface area (Å²) >= 11 is 5.90. The number of anilines is 1. The highest BCUT2D eigenvalue weighted by Crippen LogP contribution is 2.16. The molecule has 0 aliphatic rings. The highest BCUT2D eigenvalue weighted by molar-refractivity contribution is 6.30. The average molecular weight is 377 g/mol. The number of hydrogen-bond donors (Lipinski definition) is 2. The van der Waals surface area contributed by atoms with Crippen LogP contribution in [-0.2, 0) is 6.61 Å². The number of aromatic nitrogens is 2. The van der Waals surface area contributed by atoms with Crippen LogP contribution in [0.15, 0.2) is 77.9 Å². The summed E-state index contributed by atoms with van der Waals surface area (Å²) < 4.78 is 5.83. The lowest BCUT2D eigenvalue weighted by atomic mass is 10.2. The van der Waals surface area contributed by atoms with E-state index in [1.54, 1.807) is 6.21 Å². The molecule has 0 fully saturated rings. The summed E-state index contributed by atoms with van der Waals surface area (Å²) in [5.41, 5.74) is 6.76. The maximum Gasteiger partial charge on any atom is 0.222 e. The van der Waals surface area contributed by atoms with Crippen LogP contribution >= 0.6 is 11.6 Å². The third-order valence-electron chi connectivity index (χ3n) is 3.95. The summed E-state index contributed by atoms with van der Waals surface area (Å²) in [7, 11) is 0. The first-order valence-electron chi connectivity index (χ1n) is 8.47. The molecule has 0 aliphatic carbocycles. The molecule has 27 heavy (non-hydrogen) atoms. The molecule has 0 atom stereocenters. The smallest absolute Gasteiger partial charge is 0.222 e. The molecule has 1 aromatic heterocycles. The zero-order valence-corrected chi connectivity index (χ0v) is 15.1. The minimum Gasteiger partial charge on any atom is -0.489 e. The topological polar surface area (TPSA) is 62.3 Å². The Morgan fingerprint density at radius 3 is 2.74 bits per heavy atom. The lowest BCUT2D eigenvalue weighted by Crippen LogP contribution is -1.96. The Hall–Kier alpha value is -3.31. The fourth-order valence-corrected chi connectivity index (χ4v) is 2.73. The Morgan fingerprint density at radius 2 is 1.89 bits per heavy atom. The van der Waals surface area contributed by atoms with E-state index < -0.39 is 0 Å². The van der Waals surface area contributed by atoms with Gasteiger partial charge in [0, 0.05) is 5.02 Å². The largest absolute Gasteiger partial charge is 0.489 e. The number of hydrazone groups is 1. The van der Waals surface area contributed by atoms with Gasteiger partial charge in [0.05, 0.1) is 17.2 Å². The number of hydrogen-bond acceptors (Lipinski definition) is 4. The fourth-order valence-electron chi connectivity index (χ4n) is 2.61. The SMILES string of the molecule is Clc1ccc(COc2cccc(/C=N\Nc3nc4ccccc4[nH]3)c2)cc1. The van der Waals surface area contributed by atoms with Crippen LogP contribution in [0.1, 0.15) is 11.1 Å². The fraction of sp³-hybridized carbons (Fsp3) is 0.0476. The van der Waals surface area contributed by atoms with Crippen LogP contribution in [0.5, 0.6) is 5.75 Å². The van der Waals surface area contributed by atoms with E-state index in [2.05, 4.69) is 20.5 Å². The van der Waals surface area contributed by atoms with Crippen molar-refractivity contribution in [3.63, 3.8) is 0 Å². The van der Waals surface area contributed by atoms with E-state index in [0.717, 1.165) is 27.9 Å². The first-order chi connectivity index (χ1) is 13.3. The molecule has 0 aliphatic heterocycles. The van der Waals surface area contributed by atoms with Gasteiger partial charge in [-0.15, -0.1) is 0 Å². The maximum atomic E-state index is 5.90. The standard InChI is InChI=1S/C21H17ClN4O/c22-17-10-8-15(9-11-17)14-27-18-5-3-4-16(12-18)13-23-26-21-24-19-6-1-2-7-20(19)25-21/h1-13H,14H2,(H2,24,25,26)/b23-13-. The second kappa shape index (κ2) is 7.93. The van der Waals surface area contributed by atoms with Crippen molar-refractivity contribution in [3.8, 4) is 5.75 Å². The zero-order valence-electron chi connectivity index (χ0n) is 14.4. The zero-order chi connectivity index (χ0) is 18.5. The van der Waals surface area contributed by atoms with Gasteiger partial charge in [0.2, 0.25) is 5.95 Å². The van der Waals surface area contributed by atoms with E-state index in [1.165, 1.54) is 0 Å². The monoisotopic (exact) mass is 376 g/mol. The molecule has 0 saturated carbocycles. The Kier molecular flexibility index (Phi) is 5.03. The number of para-hydroxylation sites is 2. The number of rotatable bonds is 6. The second-order valence-corrected chi connectivity index (χ2v) is 6.40. The normalized spacial score (nSPS) is 11.1. The molecular formula is C21H17ClN4O. The van der Waals surface area contributed by atoms with Crippen molar-refractivity contribution in [2.45, 2.75) is 6.61 Å². The molecule has 0 unspecified atom stereocenters. The summed E-state index contributed by atoms with van der Waals surface area (Å²) in [5.74, 6) is 1.38. The highest BCUT2D eigenvalue weighted by atomic mass is 35.5. The number of aromatic amines is 1. The minimum absolute atomic E-state index is 0.481. The molecule has 0 amide bonds. The second-order valence-electron chi connectivity index (χ2n) is 5.96. The van der Waals surface area contributed by atoms with Crippen LogP contribution in [0.25, 0.3) is 11.0 Å². The van der Waals surface area contributed by atoms with Crippen molar-refractivity contribution in [2.75, 3.05) is 5.43 Å². The molecule has 0 saturated heterocycles. The molecular weight excluding hydrogens is 360 g/mol. The number of fused-ring (bicyclic) bond motifs is 1. The third-order valence-corrected chi connectivity index (χ3v) is 4.20. The molecule has 0 radical (unpaired) electrons. The Bertz CT molecular complexity index is 1040. The number of benzene rings is 3. The van der Waals surface area contributed by atoms with Gasteiger partial charge in [0.25, 0.3) is 0 Å². The summed E-state index contributed by atoms with van der Waals surface area (Å²) in [4.78, 5) is 7.58. The van der Waals surface area contributed by atoms with Gasteiger partial charge in [-0.05, 0) is 47.5 Å². The molecule has 1 heterocycles. The van der Waals surface area contributed by atoms with Crippen LogP contribution in [0.2, 0.25) is 5.02 Å². The van der Waals surface area contributed by atoms with E-state index in [0.29, 0.717) is 17.6 Å². The summed E-state index contributed by atoms with van der Waals surface area (Å²) in [5, 5.41) is 4.95. The van der Waals surface area contributed by atoms with Crippen molar-refractivity contribution in [3.05, 3.63) is 88.9 Å². The number of ether oxygens (including phenoxy) is 1. The molecule has 3 aromatic carbocycles. The van der Waals surface area contributed by atoms with E-state index >= 15 is 0 Å². The van der Waals surface area contributed by atoms with Gasteiger partial charge in [-0.1, -0.05) is 48.0 Å². The Balaban J connectivity index is 1.38. The highest BCUT2D eigenvalue weighted by Gasteiger charge is 2.00. The molecule has 2 N–H and O–H groups in total. The summed E-state index contributed by atoms with van der Waals surface area (Å²) in [6.45, 7) is 0.481. The number of nitrogens with zero attached hydrogens (tertiary/aromatic N) is 2. The Labute approximate surface area is 161 Å². The lowest BCUT2D eigenvalue weighted by Gasteiger charge is -2.07. The van der Waals surface area contributed by atoms with Crippen LogP contribution in [0, 0.1) is 0 Å². The van der Waals surface area contributed by atoms with E-state index in [4.69, 9.17) is 16.3 Å². The van der Waals surface area contributed by atoms with Crippen molar-refractivity contribution in [2.24, 2.45) is 5.10 Å². The minimum atomic E-state index is 0.481. The average Bonchev–Trinajstić information content (AvgIpc) is 3.11. The number of nitrogens with one attached hydrogen (secondary N) is 2. The third kappa shape index (κ3) is 4.46. The van der Waals surface area contributed by atoms with Crippen LogP contribution in [0.3, 0.4) is 0 Å². The Morgan fingerprint density at radius 1 is 1.04 bits per heavy atom. The van der Waals surface area contributed by atoms with Crippen LogP contribution in [0.4, 0.5) is 5.95 Å². The van der Waals surface area contributed by atoms with E-state index in [1.807, 2.05) is 72.8 Å².